The average molecular weight is 1130 g/mol. The van der Waals surface area contributed by atoms with Crippen LogP contribution in [0.5, 0.6) is 0 Å². The van der Waals surface area contributed by atoms with E-state index in [4.69, 9.17) is 22.5 Å². The number of carbonyl (C=O) groups is 4. The number of hydrogen-bond acceptors (Lipinski definition) is 16. The zero-order chi connectivity index (χ0) is 52.9. The highest BCUT2D eigenvalue weighted by Gasteiger charge is 2.31. The van der Waals surface area contributed by atoms with Gasteiger partial charge in [0, 0.05) is 92.4 Å². The van der Waals surface area contributed by atoms with Crippen LogP contribution in [0.25, 0.3) is 30.6 Å². The van der Waals surface area contributed by atoms with Crippen LogP contribution in [0.2, 0.25) is 0 Å². The molecule has 3 aromatic carbocycles. The van der Waals surface area contributed by atoms with Crippen molar-refractivity contribution in [2.45, 2.75) is 60.0 Å². The van der Waals surface area contributed by atoms with Crippen LogP contribution in [0.4, 0.5) is 0 Å². The highest BCUT2D eigenvalue weighted by atomic mass is 32.2. The molecule has 0 radical (unpaired) electrons. The first-order valence-electron chi connectivity index (χ1n) is 23.9. The van der Waals surface area contributed by atoms with Gasteiger partial charge in [-0.25, -0.2) is 31.9 Å². The van der Waals surface area contributed by atoms with Gasteiger partial charge in [-0.05, 0) is 98.0 Å². The highest BCUT2D eigenvalue weighted by Crippen LogP contribution is 2.33. The van der Waals surface area contributed by atoms with Gasteiger partial charge in [0.05, 0.1) is 42.2 Å². The number of piperidine rings is 4. The van der Waals surface area contributed by atoms with Gasteiger partial charge in [-0.2, -0.15) is 0 Å². The molecule has 0 spiro atoms. The Labute approximate surface area is 448 Å². The smallest absolute Gasteiger partial charge is 0.222 e. The van der Waals surface area contributed by atoms with E-state index in [0.29, 0.717) is 50.2 Å². The molecular weight excluding hydrogens is 1070 g/mol. The number of nitrogens with one attached hydrogen (secondary N) is 1. The number of aromatic amines is 1. The molecule has 4 aliphatic heterocycles. The second-order valence-corrected chi connectivity index (χ2v) is 27.6. The molecule has 0 saturated carbocycles. The Kier molecular flexibility index (Phi) is 21.3. The van der Waals surface area contributed by atoms with Crippen molar-refractivity contribution in [2.24, 2.45) is 28.8 Å². The molecule has 0 aliphatic carbocycles. The third kappa shape index (κ3) is 17.9. The fourth-order valence-electron chi connectivity index (χ4n) is 8.30. The molecule has 4 amide bonds. The minimum atomic E-state index is -3.44. The largest absolute Gasteiger partial charge is 0.396 e. The van der Waals surface area contributed by atoms with Gasteiger partial charge < -0.3 is 29.7 Å². The first-order chi connectivity index (χ1) is 34.7. The van der Waals surface area contributed by atoms with Crippen LogP contribution < -0.4 is 5.14 Å². The van der Waals surface area contributed by atoms with Crippen molar-refractivity contribution in [3.63, 3.8) is 0 Å². The molecule has 10 rings (SSSR count). The lowest BCUT2D eigenvalue weighted by molar-refractivity contribution is -0.134. The van der Waals surface area contributed by atoms with Gasteiger partial charge in [0.1, 0.15) is 0 Å². The van der Waals surface area contributed by atoms with Gasteiger partial charge in [-0.15, -0.1) is 34.0 Å². The lowest BCUT2D eigenvalue weighted by atomic mass is 9.98. The fraction of sp³-hybridized carbons (Fsp3) is 0.490. The maximum absolute atomic E-state index is 12.5. The van der Waals surface area contributed by atoms with E-state index >= 15 is 0 Å². The number of sulfone groups is 1. The van der Waals surface area contributed by atoms with Crippen molar-refractivity contribution >= 4 is 132 Å². The Morgan fingerprint density at radius 3 is 1.55 bits per heavy atom. The van der Waals surface area contributed by atoms with Gasteiger partial charge in [0.25, 0.3) is 0 Å². The number of amides is 4. The van der Waals surface area contributed by atoms with E-state index in [1.807, 2.05) is 66.5 Å². The monoisotopic (exact) mass is 1130 g/mol. The summed E-state index contributed by atoms with van der Waals surface area (Å²) in [6.45, 7) is 3.09. The number of hydrogen-bond donors (Lipinski definition) is 3. The fourth-order valence-corrected chi connectivity index (χ4v) is 15.5. The maximum atomic E-state index is 12.5. The standard InChI is InChI=1S/C14H16N2O3S2.C14H16N2OS2.C7H14N2O3S.C7H13NO2.C7H5NS2/c1-16-7-6-10(8-13(16)17)9-21(18,19)14-15-11-4-2-3-5-12(11)20-14;1-16-7-6-10(8-13(16)17)9-18-14-15-11-4-2-3-5-12(11)19-14;1-9-3-2-6(4-7(9)10)5-13(8,11)12;1-8-3-2-6(5-9)4-7(8)10;9-7-8-5-3-1-2-4-6(5)10-7/h2-5,10H,6-9H2,1H3;2-5,10H,6-9H2,1H3;6H,2-5H2,1H3,(H2,8,11,12);6,9H,2-5H2,1H3;1-4H,(H,8,9). The lowest BCUT2D eigenvalue weighted by Crippen LogP contribution is -2.38. The summed E-state index contributed by atoms with van der Waals surface area (Å²) in [5, 5.41) is 13.6. The second kappa shape index (κ2) is 26.9. The number of carbonyl (C=O) groups excluding carboxylic acids is 4. The SMILES string of the molecule is CN1CCC(CO)CC1=O.CN1CCC(CS(=O)(=O)c2nc3ccccc3s2)CC1=O.CN1CCC(CS(N)(=O)=O)CC1=O.CN1CCC(CSc2nc3ccccc3s2)CC1=O.S=c1[nH]c2ccccc2s1. The van der Waals surface area contributed by atoms with Crippen LogP contribution in [0.15, 0.2) is 81.5 Å². The normalized spacial score (nSPS) is 20.6. The van der Waals surface area contributed by atoms with E-state index in [-0.39, 0.29) is 63.8 Å². The number of benzene rings is 3. The predicted octanol–water partition coefficient (Wildman–Crippen LogP) is 7.14. The number of aliphatic hydroxyl groups excluding tert-OH is 1. The molecule has 3 aromatic heterocycles. The molecule has 4 fully saturated rings. The van der Waals surface area contributed by atoms with E-state index in [1.54, 1.807) is 70.3 Å². The van der Waals surface area contributed by atoms with Crippen LogP contribution in [-0.2, 0) is 39.0 Å². The number of primary sulfonamides is 1. The quantitative estimate of drug-likeness (QED) is 0.0965. The Bertz CT molecular complexity index is 3020. The van der Waals surface area contributed by atoms with Crippen molar-refractivity contribution in [1.82, 2.24) is 34.6 Å². The molecule has 396 valence electrons. The number of para-hydroxylation sites is 3. The second-order valence-electron chi connectivity index (χ2n) is 18.7. The zero-order valence-electron chi connectivity index (χ0n) is 41.4. The van der Waals surface area contributed by atoms with Crippen molar-refractivity contribution in [2.75, 3.05) is 78.2 Å². The van der Waals surface area contributed by atoms with Gasteiger partial charge in [0.15, 0.2) is 8.29 Å². The van der Waals surface area contributed by atoms with Gasteiger partial charge >= 0.3 is 0 Å². The van der Waals surface area contributed by atoms with Gasteiger partial charge in [-0.1, -0.05) is 48.2 Å². The lowest BCUT2D eigenvalue weighted by Gasteiger charge is -2.28. The van der Waals surface area contributed by atoms with E-state index < -0.39 is 19.9 Å². The third-order valence-corrected chi connectivity index (χ3v) is 20.8. The molecule has 4 saturated heterocycles. The molecule has 4 N–H and O–H groups in total. The third-order valence-electron chi connectivity index (χ3n) is 12.8. The Morgan fingerprint density at radius 2 is 1.05 bits per heavy atom. The van der Waals surface area contributed by atoms with E-state index in [1.165, 1.54) is 20.7 Å². The van der Waals surface area contributed by atoms with Crippen molar-refractivity contribution < 1.29 is 41.1 Å². The first kappa shape index (κ1) is 57.9. The molecular formula is C49H64N8O9S7. The van der Waals surface area contributed by atoms with Gasteiger partial charge in [0.2, 0.25) is 47.8 Å². The van der Waals surface area contributed by atoms with Crippen molar-refractivity contribution in [3.8, 4) is 0 Å². The van der Waals surface area contributed by atoms with Crippen LogP contribution in [-0.4, -0.2) is 158 Å². The van der Waals surface area contributed by atoms with Crippen LogP contribution >= 0.6 is 58.0 Å². The molecule has 7 heterocycles. The van der Waals surface area contributed by atoms with Crippen LogP contribution in [0.1, 0.15) is 51.4 Å². The number of likely N-dealkylation sites (tertiary alicyclic amines) is 4. The summed E-state index contributed by atoms with van der Waals surface area (Å²) in [4.78, 5) is 64.2. The van der Waals surface area contributed by atoms with E-state index in [2.05, 4.69) is 33.2 Å². The molecule has 24 heteroatoms. The molecule has 4 atom stereocenters. The number of thiazole rings is 3. The Morgan fingerprint density at radius 1 is 0.616 bits per heavy atom. The summed E-state index contributed by atoms with van der Waals surface area (Å²) in [6.07, 6.45) is 5.32. The zero-order valence-corrected chi connectivity index (χ0v) is 47.1. The minimum Gasteiger partial charge on any atom is -0.396 e. The number of sulfonamides is 1. The number of nitrogens with two attached hydrogens (primary N) is 1. The molecule has 17 nitrogen and oxygen atoms in total. The number of aromatic nitrogens is 3. The maximum Gasteiger partial charge on any atom is 0.222 e. The molecule has 4 unspecified atom stereocenters. The van der Waals surface area contributed by atoms with Crippen LogP contribution in [0.3, 0.4) is 0 Å². The summed E-state index contributed by atoms with van der Waals surface area (Å²) >= 11 is 11.3. The van der Waals surface area contributed by atoms with Gasteiger partial charge in [-0.3, -0.25) is 19.2 Å². The van der Waals surface area contributed by atoms with Crippen molar-refractivity contribution in [3.05, 3.63) is 76.8 Å². The highest BCUT2D eigenvalue weighted by molar-refractivity contribution is 8.01. The molecule has 6 aromatic rings. The number of rotatable bonds is 9. The number of H-pyrrole nitrogens is 1. The number of nitrogens with zero attached hydrogens (tertiary/aromatic N) is 6. The number of thioether (sulfide) groups is 1. The van der Waals surface area contributed by atoms with Crippen LogP contribution in [0, 0.1) is 27.6 Å². The Balaban J connectivity index is 0.000000154. The number of fused-ring (bicyclic) bond motifs is 3. The first-order valence-corrected chi connectivity index (χ1v) is 31.1. The Hall–Kier alpha value is -4.40. The average Bonchev–Trinajstić information content (AvgIpc) is 4.09. The molecule has 0 bridgehead atoms. The summed E-state index contributed by atoms with van der Waals surface area (Å²) in [6, 6.07) is 23.7. The van der Waals surface area contributed by atoms with E-state index in [0.717, 1.165) is 68.6 Å². The summed E-state index contributed by atoms with van der Waals surface area (Å²) in [5.41, 5.74) is 2.92. The van der Waals surface area contributed by atoms with E-state index in [9.17, 15) is 36.0 Å². The minimum absolute atomic E-state index is 0.0000926. The number of aliphatic hydroxyl groups is 1. The topological polar surface area (TPSA) is 237 Å². The van der Waals surface area contributed by atoms with Crippen molar-refractivity contribution in [1.29, 1.82) is 0 Å². The summed E-state index contributed by atoms with van der Waals surface area (Å²) in [7, 11) is 0.297. The summed E-state index contributed by atoms with van der Waals surface area (Å²) in [5.74, 6) is 1.89. The predicted molar refractivity (Wildman–Crippen MR) is 296 cm³/mol. The molecule has 4 aliphatic rings. The summed E-state index contributed by atoms with van der Waals surface area (Å²) < 4.78 is 51.9. The molecule has 73 heavy (non-hydrogen) atoms.